The Bertz CT molecular complexity index is 1040. The van der Waals surface area contributed by atoms with Crippen molar-refractivity contribution in [3.05, 3.63) is 58.3 Å². The fourth-order valence-electron chi connectivity index (χ4n) is 3.42. The maximum absolute atomic E-state index is 12.5. The second-order valence-electron chi connectivity index (χ2n) is 7.14. The fourth-order valence-corrected chi connectivity index (χ4v) is 4.08. The van der Waals surface area contributed by atoms with Crippen molar-refractivity contribution in [3.8, 4) is 11.3 Å². The van der Waals surface area contributed by atoms with Gasteiger partial charge in [0.15, 0.2) is 5.13 Å². The van der Waals surface area contributed by atoms with Crippen LogP contribution in [0.5, 0.6) is 0 Å². The lowest BCUT2D eigenvalue weighted by molar-refractivity contribution is 0.176. The molecule has 1 fully saturated rings. The van der Waals surface area contributed by atoms with E-state index in [0.29, 0.717) is 36.4 Å². The van der Waals surface area contributed by atoms with Crippen molar-refractivity contribution in [1.82, 2.24) is 24.4 Å². The van der Waals surface area contributed by atoms with E-state index in [1.807, 2.05) is 19.1 Å². The van der Waals surface area contributed by atoms with Gasteiger partial charge in [-0.1, -0.05) is 0 Å². The molecule has 4 heterocycles. The Labute approximate surface area is 172 Å². The molecule has 1 saturated heterocycles. The van der Waals surface area contributed by atoms with Gasteiger partial charge in [0.1, 0.15) is 0 Å². The quantitative estimate of drug-likeness (QED) is 0.714. The minimum Gasteiger partial charge on any atom is -0.324 e. The first-order chi connectivity index (χ1) is 14.1. The zero-order chi connectivity index (χ0) is 20.2. The Balaban J connectivity index is 1.32. The van der Waals surface area contributed by atoms with E-state index < -0.39 is 0 Å². The summed E-state index contributed by atoms with van der Waals surface area (Å²) in [7, 11) is 0. The second kappa shape index (κ2) is 8.52. The summed E-state index contributed by atoms with van der Waals surface area (Å²) >= 11 is 1.47. The van der Waals surface area contributed by atoms with Crippen LogP contribution in [-0.2, 0) is 6.54 Å². The smallest absolute Gasteiger partial charge is 0.323 e. The van der Waals surface area contributed by atoms with E-state index in [4.69, 9.17) is 0 Å². The SMILES string of the molecule is Cc1cnc(NC(=O)N2CCC(Cn3cnc(-c4ccncc4)cc3=O)CC2)s1. The van der Waals surface area contributed by atoms with Crippen molar-refractivity contribution < 1.29 is 4.79 Å². The maximum Gasteiger partial charge on any atom is 0.323 e. The fraction of sp³-hybridized carbons (Fsp3) is 0.350. The molecular formula is C20H22N6O2S. The molecule has 0 atom stereocenters. The van der Waals surface area contributed by atoms with Crippen molar-refractivity contribution in [3.63, 3.8) is 0 Å². The number of amides is 2. The number of nitrogens with one attached hydrogen (secondary N) is 1. The van der Waals surface area contributed by atoms with Gasteiger partial charge in [0.2, 0.25) is 0 Å². The first-order valence-corrected chi connectivity index (χ1v) is 10.4. The molecule has 3 aromatic rings. The predicted molar refractivity (Wildman–Crippen MR) is 112 cm³/mol. The van der Waals surface area contributed by atoms with Gasteiger partial charge in [-0.2, -0.15) is 0 Å². The molecular weight excluding hydrogens is 388 g/mol. The number of pyridine rings is 1. The van der Waals surface area contributed by atoms with Crippen molar-refractivity contribution >= 4 is 22.5 Å². The van der Waals surface area contributed by atoms with Crippen molar-refractivity contribution in [2.24, 2.45) is 5.92 Å². The van der Waals surface area contributed by atoms with Crippen molar-refractivity contribution in [2.75, 3.05) is 18.4 Å². The van der Waals surface area contributed by atoms with E-state index in [1.165, 1.54) is 11.3 Å². The number of aromatic nitrogens is 4. The number of carbonyl (C=O) groups excluding carboxylic acids is 1. The van der Waals surface area contributed by atoms with Crippen LogP contribution in [0.1, 0.15) is 17.7 Å². The van der Waals surface area contributed by atoms with Crippen LogP contribution >= 0.6 is 11.3 Å². The molecule has 2 amide bonds. The topological polar surface area (TPSA) is 93.0 Å². The third-order valence-electron chi connectivity index (χ3n) is 5.05. The number of carbonyl (C=O) groups is 1. The van der Waals surface area contributed by atoms with Gasteiger partial charge in [0.05, 0.1) is 12.0 Å². The molecule has 4 rings (SSSR count). The van der Waals surface area contributed by atoms with Gasteiger partial charge in [0, 0.05) is 54.7 Å². The van der Waals surface area contributed by atoms with Gasteiger partial charge in [-0.15, -0.1) is 11.3 Å². The molecule has 8 nitrogen and oxygen atoms in total. The Morgan fingerprint density at radius 1 is 1.24 bits per heavy atom. The molecule has 0 bridgehead atoms. The molecule has 0 unspecified atom stereocenters. The number of hydrogen-bond acceptors (Lipinski definition) is 6. The normalized spacial score (nSPS) is 14.7. The van der Waals surface area contributed by atoms with Crippen LogP contribution in [-0.4, -0.2) is 43.5 Å². The van der Waals surface area contributed by atoms with Crippen LogP contribution < -0.4 is 10.9 Å². The molecule has 29 heavy (non-hydrogen) atoms. The van der Waals surface area contributed by atoms with E-state index in [1.54, 1.807) is 40.5 Å². The zero-order valence-electron chi connectivity index (χ0n) is 16.1. The molecule has 3 aromatic heterocycles. The Morgan fingerprint density at radius 2 is 2.00 bits per heavy atom. The van der Waals surface area contributed by atoms with E-state index in [9.17, 15) is 9.59 Å². The first-order valence-electron chi connectivity index (χ1n) is 9.54. The van der Waals surface area contributed by atoms with Crippen LogP contribution in [0, 0.1) is 12.8 Å². The highest BCUT2D eigenvalue weighted by molar-refractivity contribution is 7.15. The van der Waals surface area contributed by atoms with Gasteiger partial charge >= 0.3 is 6.03 Å². The summed E-state index contributed by atoms with van der Waals surface area (Å²) in [6.07, 6.45) is 8.43. The average molecular weight is 411 g/mol. The Kier molecular flexibility index (Phi) is 5.66. The monoisotopic (exact) mass is 410 g/mol. The number of rotatable bonds is 4. The number of piperidine rings is 1. The lowest BCUT2D eigenvalue weighted by atomic mass is 9.97. The summed E-state index contributed by atoms with van der Waals surface area (Å²) < 4.78 is 1.66. The average Bonchev–Trinajstić information content (AvgIpc) is 3.15. The lowest BCUT2D eigenvalue weighted by Crippen LogP contribution is -2.42. The number of aryl methyl sites for hydroxylation is 1. The number of nitrogens with zero attached hydrogens (tertiary/aromatic N) is 5. The molecule has 1 aliphatic heterocycles. The predicted octanol–water partition coefficient (Wildman–Crippen LogP) is 3.01. The minimum absolute atomic E-state index is 0.0638. The van der Waals surface area contributed by atoms with E-state index in [2.05, 4.69) is 20.3 Å². The molecule has 9 heteroatoms. The van der Waals surface area contributed by atoms with E-state index >= 15 is 0 Å². The minimum atomic E-state index is -0.113. The summed E-state index contributed by atoms with van der Waals surface area (Å²) in [4.78, 5) is 40.3. The number of anilines is 1. The molecule has 1 aliphatic rings. The van der Waals surface area contributed by atoms with E-state index in [0.717, 1.165) is 23.3 Å². The van der Waals surface area contributed by atoms with Gasteiger partial charge in [-0.3, -0.25) is 19.7 Å². The van der Waals surface area contributed by atoms with Gasteiger partial charge in [0.25, 0.3) is 5.56 Å². The number of likely N-dealkylation sites (tertiary alicyclic amines) is 1. The molecule has 1 N–H and O–H groups in total. The summed E-state index contributed by atoms with van der Waals surface area (Å²) in [6, 6.07) is 5.12. The van der Waals surface area contributed by atoms with Gasteiger partial charge < -0.3 is 4.90 Å². The highest BCUT2D eigenvalue weighted by Crippen LogP contribution is 2.21. The zero-order valence-corrected chi connectivity index (χ0v) is 16.9. The molecule has 0 aliphatic carbocycles. The van der Waals surface area contributed by atoms with Crippen LogP contribution in [0.3, 0.4) is 0 Å². The number of hydrogen-bond donors (Lipinski definition) is 1. The van der Waals surface area contributed by atoms with Gasteiger partial charge in [-0.25, -0.2) is 14.8 Å². The third-order valence-corrected chi connectivity index (χ3v) is 5.88. The van der Waals surface area contributed by atoms with E-state index in [-0.39, 0.29) is 11.6 Å². The van der Waals surface area contributed by atoms with Crippen LogP contribution in [0.25, 0.3) is 11.3 Å². The summed E-state index contributed by atoms with van der Waals surface area (Å²) in [6.45, 7) is 3.90. The van der Waals surface area contributed by atoms with Gasteiger partial charge in [-0.05, 0) is 37.8 Å². The summed E-state index contributed by atoms with van der Waals surface area (Å²) in [5, 5.41) is 3.48. The lowest BCUT2D eigenvalue weighted by Gasteiger charge is -2.31. The molecule has 0 radical (unpaired) electrons. The summed E-state index contributed by atoms with van der Waals surface area (Å²) in [5.41, 5.74) is 1.46. The Morgan fingerprint density at radius 3 is 2.66 bits per heavy atom. The summed E-state index contributed by atoms with van der Waals surface area (Å²) in [5.74, 6) is 0.340. The highest BCUT2D eigenvalue weighted by Gasteiger charge is 2.24. The number of urea groups is 1. The van der Waals surface area contributed by atoms with Crippen LogP contribution in [0.15, 0.2) is 47.9 Å². The van der Waals surface area contributed by atoms with Crippen molar-refractivity contribution in [2.45, 2.75) is 26.3 Å². The Hall–Kier alpha value is -3.07. The highest BCUT2D eigenvalue weighted by atomic mass is 32.1. The molecule has 0 saturated carbocycles. The first kappa shape index (κ1) is 19.3. The largest absolute Gasteiger partial charge is 0.324 e. The van der Waals surface area contributed by atoms with Crippen LogP contribution in [0.4, 0.5) is 9.93 Å². The third kappa shape index (κ3) is 4.68. The molecule has 150 valence electrons. The second-order valence-corrected chi connectivity index (χ2v) is 8.37. The standard InChI is InChI=1S/C20H22N6O2S/c1-14-11-22-19(29-14)24-20(28)25-8-4-15(5-9-25)12-26-13-23-17(10-18(26)27)16-2-6-21-7-3-16/h2-3,6-7,10-11,13,15H,4-5,8-9,12H2,1H3,(H,22,24,28). The van der Waals surface area contributed by atoms with Crippen molar-refractivity contribution in [1.29, 1.82) is 0 Å². The molecule has 0 spiro atoms. The molecule has 0 aromatic carbocycles. The maximum atomic E-state index is 12.5. The van der Waals surface area contributed by atoms with Crippen LogP contribution in [0.2, 0.25) is 0 Å². The number of thiazole rings is 1.